The van der Waals surface area contributed by atoms with Crippen molar-refractivity contribution in [3.63, 3.8) is 0 Å². The molecule has 19 heavy (non-hydrogen) atoms. The summed E-state index contributed by atoms with van der Waals surface area (Å²) < 4.78 is 5.99. The first-order valence-corrected chi connectivity index (χ1v) is 5.77. The number of aromatic carboxylic acids is 1. The van der Waals surface area contributed by atoms with Gasteiger partial charge in [-0.25, -0.2) is 9.48 Å². The molecule has 100 valence electrons. The molecule has 0 aliphatic carbocycles. The van der Waals surface area contributed by atoms with Crippen LogP contribution in [0.3, 0.4) is 0 Å². The summed E-state index contributed by atoms with van der Waals surface area (Å²) in [5, 5.41) is 16.8. The molecule has 2 rings (SSSR count). The average Bonchev–Trinajstić information content (AvgIpc) is 2.75. The first-order chi connectivity index (χ1) is 9.06. The molecule has 0 aliphatic heterocycles. The lowest BCUT2D eigenvalue weighted by Gasteiger charge is -2.05. The molecule has 0 radical (unpaired) electrons. The second-order valence-electron chi connectivity index (χ2n) is 4.08. The number of fused-ring (bicyclic) bond motifs is 1. The van der Waals surface area contributed by atoms with Gasteiger partial charge in [0.25, 0.3) is 5.56 Å². The van der Waals surface area contributed by atoms with E-state index in [0.717, 1.165) is 4.68 Å². The average molecular weight is 263 g/mol. The number of carbonyl (C=O) groups is 1. The molecule has 0 atom stereocenters. The third-order valence-electron chi connectivity index (χ3n) is 2.74. The highest BCUT2D eigenvalue weighted by Gasteiger charge is 2.21. The molecule has 2 heterocycles. The van der Waals surface area contributed by atoms with Gasteiger partial charge >= 0.3 is 5.97 Å². The van der Waals surface area contributed by atoms with Gasteiger partial charge in [-0.05, 0) is 19.8 Å². The highest BCUT2D eigenvalue weighted by atomic mass is 16.5. The van der Waals surface area contributed by atoms with E-state index in [-0.39, 0.29) is 22.4 Å². The van der Waals surface area contributed by atoms with E-state index in [1.165, 1.54) is 0 Å². The predicted octanol–water partition coefficient (Wildman–Crippen LogP) is 1.36. The number of aryl methyl sites for hydroxylation is 2. The van der Waals surface area contributed by atoms with Gasteiger partial charge in [-0.15, -0.1) is 6.58 Å². The summed E-state index contributed by atoms with van der Waals surface area (Å²) in [5.74, 6) is -0.941. The molecule has 1 N–H and O–H groups in total. The van der Waals surface area contributed by atoms with Crippen LogP contribution in [-0.4, -0.2) is 26.0 Å². The van der Waals surface area contributed by atoms with Gasteiger partial charge in [0.1, 0.15) is 5.76 Å². The predicted molar refractivity (Wildman–Crippen MR) is 67.2 cm³/mol. The van der Waals surface area contributed by atoms with Gasteiger partial charge in [-0.1, -0.05) is 11.2 Å². The fraction of sp³-hybridized carbons (Fsp3) is 0.333. The van der Waals surface area contributed by atoms with Gasteiger partial charge in [0.05, 0.1) is 5.39 Å². The lowest BCUT2D eigenvalue weighted by atomic mass is 10.2. The van der Waals surface area contributed by atoms with Crippen LogP contribution in [0.2, 0.25) is 0 Å². The zero-order valence-corrected chi connectivity index (χ0v) is 10.4. The lowest BCUT2D eigenvalue weighted by Crippen LogP contribution is -2.26. The van der Waals surface area contributed by atoms with E-state index in [4.69, 9.17) is 9.63 Å². The van der Waals surface area contributed by atoms with Crippen molar-refractivity contribution >= 4 is 16.9 Å². The Balaban J connectivity index is 2.60. The molecule has 7 heteroatoms. The number of carboxylic acids is 1. The monoisotopic (exact) mass is 263 g/mol. The van der Waals surface area contributed by atoms with E-state index in [0.29, 0.717) is 19.4 Å². The Labute approximate surface area is 108 Å². The Morgan fingerprint density at radius 1 is 1.58 bits per heavy atom. The van der Waals surface area contributed by atoms with Crippen LogP contribution in [0.1, 0.15) is 29.1 Å². The fourth-order valence-corrected chi connectivity index (χ4v) is 1.82. The van der Waals surface area contributed by atoms with Crippen molar-refractivity contribution in [3.8, 4) is 0 Å². The Bertz CT molecular complexity index is 699. The number of carboxylic acid groups (broad SMARTS) is 1. The van der Waals surface area contributed by atoms with Gasteiger partial charge in [0, 0.05) is 6.54 Å². The number of allylic oxidation sites excluding steroid dienone is 1. The number of hydrogen-bond acceptors (Lipinski definition) is 5. The molecule has 0 aromatic carbocycles. The molecule has 0 saturated heterocycles. The standard InChI is InChI=1S/C12H13N3O4/c1-3-4-5-6-15-11(16)9-8(7(2)19-14-9)10(13-15)12(17)18/h3H,1,4-6H2,2H3,(H,17,18). The molecule has 0 bridgehead atoms. The maximum atomic E-state index is 12.1. The quantitative estimate of drug-likeness (QED) is 0.646. The number of unbranched alkanes of at least 4 members (excludes halogenated alkanes) is 1. The topological polar surface area (TPSA) is 98.2 Å². The number of hydrogen-bond donors (Lipinski definition) is 1. The highest BCUT2D eigenvalue weighted by Crippen LogP contribution is 2.17. The molecule has 2 aromatic heterocycles. The van der Waals surface area contributed by atoms with Crippen LogP contribution in [0.5, 0.6) is 0 Å². The van der Waals surface area contributed by atoms with Crippen LogP contribution >= 0.6 is 0 Å². The largest absolute Gasteiger partial charge is 0.476 e. The normalized spacial score (nSPS) is 10.8. The SMILES string of the molecule is C=CCCCn1nc(C(=O)O)c2c(C)onc2c1=O. The molecule has 0 spiro atoms. The maximum absolute atomic E-state index is 12.1. The van der Waals surface area contributed by atoms with Crippen molar-refractivity contribution in [1.82, 2.24) is 14.9 Å². The molecule has 0 amide bonds. The summed E-state index contributed by atoms with van der Waals surface area (Å²) in [6.45, 7) is 5.44. The number of rotatable bonds is 5. The molecule has 7 nitrogen and oxygen atoms in total. The van der Waals surface area contributed by atoms with Gasteiger partial charge in [0.15, 0.2) is 11.2 Å². The van der Waals surface area contributed by atoms with E-state index in [1.807, 2.05) is 0 Å². The van der Waals surface area contributed by atoms with Crippen molar-refractivity contribution < 1.29 is 14.4 Å². The fourth-order valence-electron chi connectivity index (χ4n) is 1.82. The second kappa shape index (κ2) is 5.05. The van der Waals surface area contributed by atoms with Crippen molar-refractivity contribution in [2.75, 3.05) is 0 Å². The van der Waals surface area contributed by atoms with E-state index < -0.39 is 11.5 Å². The van der Waals surface area contributed by atoms with Gasteiger partial charge < -0.3 is 9.63 Å². The lowest BCUT2D eigenvalue weighted by molar-refractivity contribution is 0.0689. The van der Waals surface area contributed by atoms with Crippen LogP contribution in [0.4, 0.5) is 0 Å². The summed E-state index contributed by atoms with van der Waals surface area (Å²) >= 11 is 0. The van der Waals surface area contributed by atoms with E-state index >= 15 is 0 Å². The Morgan fingerprint density at radius 3 is 2.95 bits per heavy atom. The molecular weight excluding hydrogens is 250 g/mol. The van der Waals surface area contributed by atoms with Crippen molar-refractivity contribution in [1.29, 1.82) is 0 Å². The smallest absolute Gasteiger partial charge is 0.357 e. The van der Waals surface area contributed by atoms with Crippen LogP contribution in [0.25, 0.3) is 10.9 Å². The van der Waals surface area contributed by atoms with Gasteiger partial charge in [0.2, 0.25) is 0 Å². The van der Waals surface area contributed by atoms with Crippen LogP contribution < -0.4 is 5.56 Å². The molecule has 0 fully saturated rings. The molecule has 0 aliphatic rings. The Kier molecular flexibility index (Phi) is 3.46. The maximum Gasteiger partial charge on any atom is 0.357 e. The van der Waals surface area contributed by atoms with E-state index in [2.05, 4.69) is 16.8 Å². The van der Waals surface area contributed by atoms with E-state index in [9.17, 15) is 9.59 Å². The zero-order valence-electron chi connectivity index (χ0n) is 10.4. The number of nitrogens with zero attached hydrogens (tertiary/aromatic N) is 3. The van der Waals surface area contributed by atoms with Crippen LogP contribution in [-0.2, 0) is 6.54 Å². The van der Waals surface area contributed by atoms with Gasteiger partial charge in [-0.3, -0.25) is 4.79 Å². The molecule has 0 saturated carbocycles. The first-order valence-electron chi connectivity index (χ1n) is 5.77. The van der Waals surface area contributed by atoms with Crippen molar-refractivity contribution in [2.24, 2.45) is 0 Å². The van der Waals surface area contributed by atoms with Gasteiger partial charge in [-0.2, -0.15) is 5.10 Å². The van der Waals surface area contributed by atoms with Crippen molar-refractivity contribution in [2.45, 2.75) is 26.3 Å². The summed E-state index contributed by atoms with van der Waals surface area (Å²) in [6.07, 6.45) is 3.09. The minimum atomic E-state index is -1.21. The third-order valence-corrected chi connectivity index (χ3v) is 2.74. The molecule has 2 aromatic rings. The highest BCUT2D eigenvalue weighted by molar-refractivity contribution is 6.00. The minimum Gasteiger partial charge on any atom is -0.476 e. The first kappa shape index (κ1) is 13.0. The zero-order chi connectivity index (χ0) is 14.0. The molecular formula is C12H13N3O4. The molecule has 0 unspecified atom stereocenters. The number of aromatic nitrogens is 3. The third kappa shape index (κ3) is 2.26. The summed E-state index contributed by atoms with van der Waals surface area (Å²) in [6, 6.07) is 0. The van der Waals surface area contributed by atoms with E-state index in [1.54, 1.807) is 13.0 Å². The summed E-state index contributed by atoms with van der Waals surface area (Å²) in [5.41, 5.74) is -0.656. The van der Waals surface area contributed by atoms with Crippen LogP contribution in [0.15, 0.2) is 22.0 Å². The Morgan fingerprint density at radius 2 is 2.32 bits per heavy atom. The summed E-state index contributed by atoms with van der Waals surface area (Å²) in [7, 11) is 0. The van der Waals surface area contributed by atoms with Crippen molar-refractivity contribution in [3.05, 3.63) is 34.5 Å². The van der Waals surface area contributed by atoms with Crippen LogP contribution in [0, 0.1) is 6.92 Å². The summed E-state index contributed by atoms with van der Waals surface area (Å²) in [4.78, 5) is 23.3. The second-order valence-corrected chi connectivity index (χ2v) is 4.08. The minimum absolute atomic E-state index is 0.00324. The Hall–Kier alpha value is -2.44.